The Morgan fingerprint density at radius 1 is 1.33 bits per heavy atom. The van der Waals surface area contributed by atoms with Crippen LogP contribution in [0.5, 0.6) is 0 Å². The Labute approximate surface area is 110 Å². The Hall–Kier alpha value is -0.860. The molecule has 1 aliphatic heterocycles. The van der Waals surface area contributed by atoms with Crippen LogP contribution in [0.15, 0.2) is 0 Å². The van der Waals surface area contributed by atoms with Crippen LogP contribution < -0.4 is 0 Å². The molecule has 1 heterocycles. The molecule has 3 heteroatoms. The van der Waals surface area contributed by atoms with Gasteiger partial charge in [0.25, 0.3) is 0 Å². The lowest BCUT2D eigenvalue weighted by Gasteiger charge is -2.34. The summed E-state index contributed by atoms with van der Waals surface area (Å²) in [6.07, 6.45) is 6.90. The van der Waals surface area contributed by atoms with Crippen molar-refractivity contribution in [2.45, 2.75) is 64.8 Å². The quantitative estimate of drug-likeness (QED) is 0.773. The number of nitrogens with zero attached hydrogens (tertiary/aromatic N) is 1. The Bertz CT molecular complexity index is 326. The summed E-state index contributed by atoms with van der Waals surface area (Å²) in [5.74, 6) is 0.895. The maximum absolute atomic E-state index is 12.4. The van der Waals surface area contributed by atoms with Crippen LogP contribution in [0.4, 0.5) is 0 Å². The van der Waals surface area contributed by atoms with Gasteiger partial charge in [-0.2, -0.15) is 0 Å². The third kappa shape index (κ3) is 2.60. The second-order valence-corrected chi connectivity index (χ2v) is 5.87. The third-order valence-electron chi connectivity index (χ3n) is 4.68. The topological polar surface area (TPSA) is 37.4 Å². The molecule has 1 saturated carbocycles. The van der Waals surface area contributed by atoms with E-state index in [2.05, 4.69) is 6.92 Å². The summed E-state index contributed by atoms with van der Waals surface area (Å²) in [6.45, 7) is 4.91. The van der Waals surface area contributed by atoms with E-state index in [4.69, 9.17) is 0 Å². The number of rotatable bonds is 3. The summed E-state index contributed by atoms with van der Waals surface area (Å²) >= 11 is 0. The normalized spacial score (nSPS) is 30.6. The van der Waals surface area contributed by atoms with Crippen molar-refractivity contribution < 1.29 is 9.59 Å². The average Bonchev–Trinajstić information content (AvgIpc) is 2.86. The molecular weight excluding hydrogens is 226 g/mol. The van der Waals surface area contributed by atoms with E-state index in [1.165, 1.54) is 0 Å². The highest BCUT2D eigenvalue weighted by molar-refractivity contribution is 5.84. The van der Waals surface area contributed by atoms with Crippen molar-refractivity contribution in [1.82, 2.24) is 4.90 Å². The SMILES string of the molecule is CCC(C)C(=O)N1CCCC1C1CCCCC1=O. The molecule has 0 bridgehead atoms. The molecule has 1 saturated heterocycles. The number of hydrogen-bond acceptors (Lipinski definition) is 2. The zero-order valence-corrected chi connectivity index (χ0v) is 11.7. The van der Waals surface area contributed by atoms with Gasteiger partial charge < -0.3 is 4.90 Å². The monoisotopic (exact) mass is 251 g/mol. The molecule has 0 aromatic rings. The molecule has 3 nitrogen and oxygen atoms in total. The summed E-state index contributed by atoms with van der Waals surface area (Å²) in [5.41, 5.74) is 0. The number of likely N-dealkylation sites (tertiary alicyclic amines) is 1. The van der Waals surface area contributed by atoms with E-state index in [0.717, 1.165) is 51.5 Å². The van der Waals surface area contributed by atoms with Crippen LogP contribution in [0.1, 0.15) is 58.8 Å². The summed E-state index contributed by atoms with van der Waals surface area (Å²) in [4.78, 5) is 26.4. The first-order valence-corrected chi connectivity index (χ1v) is 7.48. The first kappa shape index (κ1) is 13.6. The zero-order chi connectivity index (χ0) is 13.1. The largest absolute Gasteiger partial charge is 0.339 e. The fourth-order valence-corrected chi connectivity index (χ4v) is 3.36. The number of Topliss-reactive ketones (excluding diaryl/α,β-unsaturated/α-hetero) is 1. The van der Waals surface area contributed by atoms with Crippen LogP contribution in [0.2, 0.25) is 0 Å². The lowest BCUT2D eigenvalue weighted by molar-refractivity contribution is -0.139. The standard InChI is InChI=1S/C15H25NO2/c1-3-11(2)15(18)16-10-6-8-13(16)12-7-4-5-9-14(12)17/h11-13H,3-10H2,1-2H3. The Kier molecular flexibility index (Phi) is 4.41. The molecule has 2 rings (SSSR count). The minimum absolute atomic E-state index is 0.101. The second kappa shape index (κ2) is 5.85. The minimum atomic E-state index is 0.101. The van der Waals surface area contributed by atoms with Gasteiger partial charge in [-0.1, -0.05) is 20.3 Å². The smallest absolute Gasteiger partial charge is 0.225 e. The molecule has 0 aromatic heterocycles. The molecule has 18 heavy (non-hydrogen) atoms. The number of amides is 1. The molecule has 0 N–H and O–H groups in total. The third-order valence-corrected chi connectivity index (χ3v) is 4.68. The summed E-state index contributed by atoms with van der Waals surface area (Å²) in [6, 6.07) is 0.208. The molecule has 0 aromatic carbocycles. The molecule has 2 fully saturated rings. The highest BCUT2D eigenvalue weighted by Gasteiger charge is 2.39. The zero-order valence-electron chi connectivity index (χ0n) is 11.7. The lowest BCUT2D eigenvalue weighted by atomic mass is 9.81. The molecule has 1 amide bonds. The van der Waals surface area contributed by atoms with Crippen molar-refractivity contribution in [3.63, 3.8) is 0 Å². The number of hydrogen-bond donors (Lipinski definition) is 0. The van der Waals surface area contributed by atoms with Crippen molar-refractivity contribution in [3.8, 4) is 0 Å². The van der Waals surface area contributed by atoms with Crippen LogP contribution in [-0.4, -0.2) is 29.2 Å². The van der Waals surface area contributed by atoms with Gasteiger partial charge in [0, 0.05) is 30.8 Å². The number of ketones is 1. The van der Waals surface area contributed by atoms with E-state index in [1.54, 1.807) is 0 Å². The number of carbonyl (C=O) groups is 2. The highest BCUT2D eigenvalue weighted by Crippen LogP contribution is 2.33. The van der Waals surface area contributed by atoms with Crippen molar-refractivity contribution >= 4 is 11.7 Å². The lowest BCUT2D eigenvalue weighted by Crippen LogP contribution is -2.45. The van der Waals surface area contributed by atoms with Crippen molar-refractivity contribution in [1.29, 1.82) is 0 Å². The molecule has 2 aliphatic rings. The Morgan fingerprint density at radius 3 is 2.78 bits per heavy atom. The van der Waals surface area contributed by atoms with Crippen molar-refractivity contribution in [2.24, 2.45) is 11.8 Å². The molecule has 3 atom stereocenters. The summed E-state index contributed by atoms with van der Waals surface area (Å²) in [7, 11) is 0. The van der Waals surface area contributed by atoms with Crippen LogP contribution in [0, 0.1) is 11.8 Å². The molecule has 0 radical (unpaired) electrons. The summed E-state index contributed by atoms with van der Waals surface area (Å²) in [5, 5.41) is 0. The first-order valence-electron chi connectivity index (χ1n) is 7.48. The Balaban J connectivity index is 2.07. The van der Waals surface area contributed by atoms with E-state index in [9.17, 15) is 9.59 Å². The van der Waals surface area contributed by atoms with Gasteiger partial charge in [-0.15, -0.1) is 0 Å². The van der Waals surface area contributed by atoms with Crippen LogP contribution in [-0.2, 0) is 9.59 Å². The van der Waals surface area contributed by atoms with Crippen LogP contribution >= 0.6 is 0 Å². The van der Waals surface area contributed by atoms with Gasteiger partial charge in [-0.3, -0.25) is 9.59 Å². The Morgan fingerprint density at radius 2 is 2.11 bits per heavy atom. The second-order valence-electron chi connectivity index (χ2n) is 5.87. The molecule has 102 valence electrons. The van der Waals surface area contributed by atoms with Crippen molar-refractivity contribution in [2.75, 3.05) is 6.54 Å². The van der Waals surface area contributed by atoms with Gasteiger partial charge in [-0.25, -0.2) is 0 Å². The summed E-state index contributed by atoms with van der Waals surface area (Å²) < 4.78 is 0. The van der Waals surface area contributed by atoms with E-state index >= 15 is 0 Å². The molecule has 1 aliphatic carbocycles. The first-order chi connectivity index (χ1) is 8.65. The maximum Gasteiger partial charge on any atom is 0.225 e. The van der Waals surface area contributed by atoms with Gasteiger partial charge >= 0.3 is 0 Å². The minimum Gasteiger partial charge on any atom is -0.339 e. The molecule has 3 unspecified atom stereocenters. The fraction of sp³-hybridized carbons (Fsp3) is 0.867. The van der Waals surface area contributed by atoms with Crippen molar-refractivity contribution in [3.05, 3.63) is 0 Å². The average molecular weight is 251 g/mol. The van der Waals surface area contributed by atoms with Gasteiger partial charge in [-0.05, 0) is 32.1 Å². The predicted molar refractivity (Wildman–Crippen MR) is 71.2 cm³/mol. The highest BCUT2D eigenvalue weighted by atomic mass is 16.2. The molecular formula is C15H25NO2. The van der Waals surface area contributed by atoms with E-state index in [-0.39, 0.29) is 23.8 Å². The number of carbonyl (C=O) groups excluding carboxylic acids is 2. The van der Waals surface area contributed by atoms with E-state index in [1.807, 2.05) is 11.8 Å². The van der Waals surface area contributed by atoms with Gasteiger partial charge in [0.05, 0.1) is 0 Å². The van der Waals surface area contributed by atoms with Crippen LogP contribution in [0.3, 0.4) is 0 Å². The van der Waals surface area contributed by atoms with Crippen LogP contribution in [0.25, 0.3) is 0 Å². The van der Waals surface area contributed by atoms with Gasteiger partial charge in [0.15, 0.2) is 0 Å². The predicted octanol–water partition coefficient (Wildman–Crippen LogP) is 2.78. The van der Waals surface area contributed by atoms with Gasteiger partial charge in [0.2, 0.25) is 5.91 Å². The van der Waals surface area contributed by atoms with E-state index in [0.29, 0.717) is 5.78 Å². The molecule has 0 spiro atoms. The fourth-order valence-electron chi connectivity index (χ4n) is 3.36. The van der Waals surface area contributed by atoms with Gasteiger partial charge in [0.1, 0.15) is 5.78 Å². The van der Waals surface area contributed by atoms with E-state index < -0.39 is 0 Å². The maximum atomic E-state index is 12.4.